The predicted molar refractivity (Wildman–Crippen MR) is 242 cm³/mol. The molecule has 2 spiro atoms. The van der Waals surface area contributed by atoms with E-state index >= 15 is 4.39 Å². The Bertz CT molecular complexity index is 2780. The number of carbonyl (C=O) groups excluding carboxylic acids is 5. The van der Waals surface area contributed by atoms with Crippen LogP contribution in [-0.2, 0) is 38.1 Å². The zero-order valence-electron chi connectivity index (χ0n) is 35.2. The summed E-state index contributed by atoms with van der Waals surface area (Å²) in [6.07, 6.45) is 7.46. The Kier molecular flexibility index (Phi) is 11.7. The van der Waals surface area contributed by atoms with E-state index in [4.69, 9.17) is 23.2 Å². The van der Waals surface area contributed by atoms with Crippen LogP contribution in [0.4, 0.5) is 15.8 Å². The van der Waals surface area contributed by atoms with Crippen molar-refractivity contribution in [3.8, 4) is 0 Å². The summed E-state index contributed by atoms with van der Waals surface area (Å²) in [6.45, 7) is 0.459. The number of imidazole rings is 1. The standard InChI is InChI=1S/C48H48Cl2FN7O6/c1-57-37-25-27(12-19-35(37)58(46(57)64)36-20-21-38(59)55-43(36)61)9-4-2-7-24-52-42(60)28-13-16-30(17-14-28)53-44(62)41-39(31-10-8-11-33(50)40(31)51)48(47(56-41)22-5-3-6-23-47)32-18-15-29(49)26-34(32)54-45(48)63/h8,10-19,25-26,36,39,41,56H,2-7,9,20-24H2,1H3,(H,52,60)(H,53,62)(H,54,63)(H,55,59,61)/t36?,39-,41+,48+/m0/s1. The minimum atomic E-state index is -1.35. The molecule has 5 aromatic rings. The molecule has 5 amide bonds. The molecule has 0 bridgehead atoms. The third-order valence-corrected chi connectivity index (χ3v) is 14.4. The molecule has 2 saturated heterocycles. The number of amides is 5. The molecular formula is C48H48Cl2FN7O6. The summed E-state index contributed by atoms with van der Waals surface area (Å²) < 4.78 is 19.2. The molecule has 0 radical (unpaired) electrons. The molecule has 3 fully saturated rings. The van der Waals surface area contributed by atoms with Crippen molar-refractivity contribution in [2.45, 2.75) is 99.6 Å². The van der Waals surface area contributed by atoms with Crippen molar-refractivity contribution in [2.24, 2.45) is 7.05 Å². The number of nitrogens with zero attached hydrogens (tertiary/aromatic N) is 2. The SMILES string of the molecule is Cn1c(=O)n(C2CCC(=O)NC2=O)c2ccc(CCCCCNC(=O)c3ccc(NC(=O)[C@@H]4NC5(CCCCC5)[C@@]5(C(=O)Nc6cc(Cl)ccc65)[C@H]4c4cccc(Cl)c4F)cc3)cc21. The number of benzene rings is 4. The van der Waals surface area contributed by atoms with Gasteiger partial charge in [0.25, 0.3) is 5.91 Å². The largest absolute Gasteiger partial charge is 0.352 e. The number of unbranched alkanes of at least 4 members (excludes halogenated alkanes) is 2. The lowest BCUT2D eigenvalue weighted by atomic mass is 9.55. The molecule has 4 heterocycles. The monoisotopic (exact) mass is 907 g/mol. The third-order valence-electron chi connectivity index (χ3n) is 13.8. The van der Waals surface area contributed by atoms with Crippen LogP contribution in [0.3, 0.4) is 0 Å². The zero-order valence-corrected chi connectivity index (χ0v) is 36.7. The Hall–Kier alpha value is -5.83. The van der Waals surface area contributed by atoms with Crippen LogP contribution in [0, 0.1) is 5.82 Å². The maximum Gasteiger partial charge on any atom is 0.329 e. The number of rotatable bonds is 11. The van der Waals surface area contributed by atoms with Crippen molar-refractivity contribution in [3.63, 3.8) is 0 Å². The van der Waals surface area contributed by atoms with E-state index in [1.165, 1.54) is 15.2 Å². The van der Waals surface area contributed by atoms with Crippen LogP contribution in [0.1, 0.15) is 103 Å². The van der Waals surface area contributed by atoms with Gasteiger partial charge < -0.3 is 16.0 Å². The van der Waals surface area contributed by atoms with Crippen molar-refractivity contribution < 1.29 is 28.4 Å². The van der Waals surface area contributed by atoms with Gasteiger partial charge in [-0.05, 0) is 110 Å². The van der Waals surface area contributed by atoms with E-state index in [1.54, 1.807) is 55.6 Å². The van der Waals surface area contributed by atoms with Crippen molar-refractivity contribution >= 4 is 75.1 Å². The van der Waals surface area contributed by atoms with E-state index in [2.05, 4.69) is 26.6 Å². The Morgan fingerprint density at radius 3 is 2.42 bits per heavy atom. The molecule has 64 heavy (non-hydrogen) atoms. The van der Waals surface area contributed by atoms with Gasteiger partial charge in [-0.25, -0.2) is 9.18 Å². The van der Waals surface area contributed by atoms with Gasteiger partial charge in [-0.2, -0.15) is 0 Å². The van der Waals surface area contributed by atoms with Gasteiger partial charge >= 0.3 is 5.69 Å². The van der Waals surface area contributed by atoms with Gasteiger partial charge in [-0.15, -0.1) is 0 Å². The van der Waals surface area contributed by atoms with Crippen LogP contribution < -0.4 is 32.3 Å². The second kappa shape index (κ2) is 17.3. The van der Waals surface area contributed by atoms with Crippen molar-refractivity contribution in [3.05, 3.63) is 127 Å². The van der Waals surface area contributed by atoms with E-state index in [1.807, 2.05) is 24.3 Å². The first-order valence-electron chi connectivity index (χ1n) is 21.9. The molecule has 3 aliphatic heterocycles. The molecule has 9 rings (SSSR count). The summed E-state index contributed by atoms with van der Waals surface area (Å²) in [4.78, 5) is 79.6. The molecule has 332 valence electrons. The molecule has 1 aliphatic carbocycles. The first kappa shape index (κ1) is 43.4. The van der Waals surface area contributed by atoms with Gasteiger partial charge in [0.2, 0.25) is 23.6 Å². The number of fused-ring (bicyclic) bond motifs is 4. The average Bonchev–Trinajstić information content (AvgIpc) is 3.83. The summed E-state index contributed by atoms with van der Waals surface area (Å²) >= 11 is 12.8. The molecule has 1 unspecified atom stereocenters. The number of aromatic nitrogens is 2. The highest BCUT2D eigenvalue weighted by molar-refractivity contribution is 6.31. The highest BCUT2D eigenvalue weighted by Gasteiger charge is 2.72. The van der Waals surface area contributed by atoms with Gasteiger partial charge in [0.05, 0.1) is 22.1 Å². The highest BCUT2D eigenvalue weighted by atomic mass is 35.5. The number of piperidine rings is 1. The number of imide groups is 1. The van der Waals surface area contributed by atoms with Gasteiger partial charge in [-0.3, -0.25) is 43.7 Å². The molecule has 1 saturated carbocycles. The Morgan fingerprint density at radius 1 is 0.875 bits per heavy atom. The van der Waals surface area contributed by atoms with E-state index in [-0.39, 0.29) is 46.8 Å². The highest BCUT2D eigenvalue weighted by Crippen LogP contribution is 2.63. The zero-order chi connectivity index (χ0) is 44.9. The van der Waals surface area contributed by atoms with Crippen LogP contribution in [0.25, 0.3) is 11.0 Å². The lowest BCUT2D eigenvalue weighted by Gasteiger charge is -2.47. The Balaban J connectivity index is 0.839. The van der Waals surface area contributed by atoms with Crippen LogP contribution in [0.2, 0.25) is 10.0 Å². The minimum Gasteiger partial charge on any atom is -0.352 e. The first-order valence-corrected chi connectivity index (χ1v) is 22.6. The molecule has 5 N–H and O–H groups in total. The molecule has 16 heteroatoms. The number of hydrogen-bond donors (Lipinski definition) is 5. The van der Waals surface area contributed by atoms with Gasteiger partial charge in [0.1, 0.15) is 17.3 Å². The van der Waals surface area contributed by atoms with Crippen molar-refractivity contribution in [2.75, 3.05) is 17.2 Å². The molecular weight excluding hydrogens is 860 g/mol. The maximum absolute atomic E-state index is 16.2. The van der Waals surface area contributed by atoms with Crippen molar-refractivity contribution in [1.82, 2.24) is 25.1 Å². The number of nitrogens with one attached hydrogen (secondary N) is 5. The lowest BCUT2D eigenvalue weighted by Crippen LogP contribution is -2.60. The first-order chi connectivity index (χ1) is 30.8. The van der Waals surface area contributed by atoms with Crippen molar-refractivity contribution in [1.29, 1.82) is 0 Å². The number of hydrogen-bond acceptors (Lipinski definition) is 7. The van der Waals surface area contributed by atoms with Crippen LogP contribution in [0.5, 0.6) is 0 Å². The second-order valence-electron chi connectivity index (χ2n) is 17.5. The Morgan fingerprint density at radius 2 is 1.66 bits per heavy atom. The average molecular weight is 909 g/mol. The number of aryl methyl sites for hydroxylation is 2. The number of anilines is 2. The van der Waals surface area contributed by atoms with Crippen LogP contribution >= 0.6 is 23.2 Å². The lowest BCUT2D eigenvalue weighted by molar-refractivity contribution is -0.135. The van der Waals surface area contributed by atoms with E-state index < -0.39 is 46.6 Å². The number of halogens is 3. The quantitative estimate of drug-likeness (QED) is 0.0690. The maximum atomic E-state index is 16.2. The normalized spacial score (nSPS) is 22.4. The molecule has 4 atom stereocenters. The fourth-order valence-electron chi connectivity index (χ4n) is 10.9. The topological polar surface area (TPSA) is 172 Å². The molecule has 13 nitrogen and oxygen atoms in total. The number of carbonyl (C=O) groups is 5. The minimum absolute atomic E-state index is 0.106. The van der Waals surface area contributed by atoms with Crippen LogP contribution in [-0.4, -0.2) is 56.8 Å². The summed E-state index contributed by atoms with van der Waals surface area (Å²) in [5.74, 6) is -3.49. The molecule has 4 aliphatic rings. The third kappa shape index (κ3) is 7.38. The van der Waals surface area contributed by atoms with Gasteiger partial charge in [0, 0.05) is 53.4 Å². The fourth-order valence-corrected chi connectivity index (χ4v) is 11.2. The molecule has 4 aromatic carbocycles. The second-order valence-corrected chi connectivity index (χ2v) is 18.3. The van der Waals surface area contributed by atoms with Gasteiger partial charge in [0.15, 0.2) is 0 Å². The fraction of sp³-hybridized carbons (Fsp3) is 0.375. The Labute approximate surface area is 378 Å². The van der Waals surface area contributed by atoms with E-state index in [0.29, 0.717) is 57.9 Å². The smallest absolute Gasteiger partial charge is 0.329 e. The summed E-state index contributed by atoms with van der Waals surface area (Å²) in [5, 5.41) is 15.3. The molecule has 1 aromatic heterocycles. The summed E-state index contributed by atoms with van der Waals surface area (Å²) in [6, 6.07) is 20.5. The summed E-state index contributed by atoms with van der Waals surface area (Å²) in [5.41, 5.74) is 2.09. The van der Waals surface area contributed by atoms with E-state index in [9.17, 15) is 28.8 Å². The summed E-state index contributed by atoms with van der Waals surface area (Å²) in [7, 11) is 1.67. The van der Waals surface area contributed by atoms with Crippen LogP contribution in [0.15, 0.2) is 83.7 Å². The van der Waals surface area contributed by atoms with Gasteiger partial charge in [-0.1, -0.05) is 73.2 Å². The van der Waals surface area contributed by atoms with E-state index in [0.717, 1.165) is 50.5 Å². The predicted octanol–water partition coefficient (Wildman–Crippen LogP) is 7.19.